The highest BCUT2D eigenvalue weighted by molar-refractivity contribution is 7.60. The number of nitrogens with zero attached hydrogens (tertiary/aromatic N) is 1. The highest BCUT2D eigenvalue weighted by Gasteiger charge is 2.33. The lowest BCUT2D eigenvalue weighted by molar-refractivity contribution is 0.676. The second-order valence-electron chi connectivity index (χ2n) is 6.99. The Morgan fingerprint density at radius 3 is 2.16 bits per heavy atom. The summed E-state index contributed by atoms with van der Waals surface area (Å²) in [4.78, 5) is 4.34. The molecule has 0 saturated carbocycles. The van der Waals surface area contributed by atoms with Gasteiger partial charge in [0.1, 0.15) is 0 Å². The second kappa shape index (κ2) is 6.81. The van der Waals surface area contributed by atoms with Crippen molar-refractivity contribution in [1.29, 1.82) is 0 Å². The largest absolute Gasteiger partial charge is 0.311 e. The molecule has 0 amide bonds. The predicted molar refractivity (Wildman–Crippen MR) is 87.2 cm³/mol. The van der Waals surface area contributed by atoms with E-state index in [0.29, 0.717) is 10.3 Å². The standard InChI is InChI=1S/C16H29N2P/c1-15(2,3)19(16(4,5)6)12-11-17-13-14-9-7-8-10-18-14/h7-10,17H,11-13H2,1-6H3. The van der Waals surface area contributed by atoms with E-state index in [-0.39, 0.29) is 7.92 Å². The molecule has 0 fully saturated rings. The lowest BCUT2D eigenvalue weighted by Crippen LogP contribution is -2.30. The summed E-state index contributed by atoms with van der Waals surface area (Å²) in [5.74, 6) is 0. The molecule has 0 bridgehead atoms. The van der Waals surface area contributed by atoms with Crippen molar-refractivity contribution in [2.75, 3.05) is 12.7 Å². The van der Waals surface area contributed by atoms with E-state index < -0.39 is 0 Å². The van der Waals surface area contributed by atoms with Gasteiger partial charge in [0, 0.05) is 12.7 Å². The van der Waals surface area contributed by atoms with Gasteiger partial charge in [0.2, 0.25) is 0 Å². The number of rotatable bonds is 5. The van der Waals surface area contributed by atoms with Crippen LogP contribution in [-0.4, -0.2) is 28.0 Å². The molecule has 3 heteroatoms. The molecule has 0 saturated heterocycles. The Morgan fingerprint density at radius 2 is 1.68 bits per heavy atom. The molecule has 0 unspecified atom stereocenters. The van der Waals surface area contributed by atoms with Gasteiger partial charge in [-0.15, -0.1) is 0 Å². The second-order valence-corrected chi connectivity index (χ2v) is 11.0. The SMILES string of the molecule is CC(C)(C)P(CCNCc1ccccn1)C(C)(C)C. The fraction of sp³-hybridized carbons (Fsp3) is 0.688. The van der Waals surface area contributed by atoms with Crippen molar-refractivity contribution < 1.29 is 0 Å². The first-order valence-corrected chi connectivity index (χ1v) is 8.62. The van der Waals surface area contributed by atoms with Crippen LogP contribution in [0.1, 0.15) is 47.2 Å². The van der Waals surface area contributed by atoms with Crippen LogP contribution in [0.15, 0.2) is 24.4 Å². The first kappa shape index (κ1) is 16.6. The summed E-state index contributed by atoms with van der Waals surface area (Å²) in [6.45, 7) is 16.2. The van der Waals surface area contributed by atoms with Gasteiger partial charge >= 0.3 is 0 Å². The molecule has 1 heterocycles. The Balaban J connectivity index is 2.42. The fourth-order valence-electron chi connectivity index (χ4n) is 2.59. The molecule has 1 rings (SSSR count). The quantitative estimate of drug-likeness (QED) is 0.644. The maximum absolute atomic E-state index is 4.34. The summed E-state index contributed by atoms with van der Waals surface area (Å²) in [7, 11) is -0.00617. The van der Waals surface area contributed by atoms with Crippen LogP contribution in [-0.2, 0) is 6.54 Å². The molecule has 1 aromatic rings. The fourth-order valence-corrected chi connectivity index (χ4v) is 6.32. The monoisotopic (exact) mass is 280 g/mol. The van der Waals surface area contributed by atoms with E-state index in [1.807, 2.05) is 18.3 Å². The van der Waals surface area contributed by atoms with Gasteiger partial charge in [-0.25, -0.2) is 0 Å². The average Bonchev–Trinajstić information content (AvgIpc) is 2.26. The van der Waals surface area contributed by atoms with E-state index in [2.05, 4.69) is 57.9 Å². The van der Waals surface area contributed by atoms with Gasteiger partial charge < -0.3 is 5.32 Å². The van der Waals surface area contributed by atoms with Crippen molar-refractivity contribution in [3.05, 3.63) is 30.1 Å². The van der Waals surface area contributed by atoms with E-state index in [1.165, 1.54) is 6.16 Å². The van der Waals surface area contributed by atoms with E-state index >= 15 is 0 Å². The molecule has 0 spiro atoms. The molecule has 0 aliphatic rings. The number of hydrogen-bond donors (Lipinski definition) is 1. The summed E-state index contributed by atoms with van der Waals surface area (Å²) in [5.41, 5.74) is 1.12. The first-order chi connectivity index (χ1) is 8.71. The number of hydrogen-bond acceptors (Lipinski definition) is 2. The van der Waals surface area contributed by atoms with Crippen molar-refractivity contribution in [2.45, 2.75) is 58.4 Å². The van der Waals surface area contributed by atoms with Gasteiger partial charge in [0.25, 0.3) is 0 Å². The third kappa shape index (κ3) is 6.01. The van der Waals surface area contributed by atoms with Gasteiger partial charge in [0.15, 0.2) is 0 Å². The van der Waals surface area contributed by atoms with E-state index in [9.17, 15) is 0 Å². The van der Waals surface area contributed by atoms with Gasteiger partial charge in [-0.05, 0) is 35.2 Å². The Morgan fingerprint density at radius 1 is 1.05 bits per heavy atom. The Hall–Kier alpha value is -0.460. The minimum atomic E-state index is -0.00617. The molecular formula is C16H29N2P. The molecule has 0 aliphatic carbocycles. The van der Waals surface area contributed by atoms with Crippen LogP contribution < -0.4 is 5.32 Å². The molecule has 0 atom stereocenters. The summed E-state index contributed by atoms with van der Waals surface area (Å²) >= 11 is 0. The zero-order valence-corrected chi connectivity index (χ0v) is 14.2. The number of nitrogens with one attached hydrogen (secondary N) is 1. The maximum atomic E-state index is 4.34. The van der Waals surface area contributed by atoms with Crippen molar-refractivity contribution in [1.82, 2.24) is 10.3 Å². The van der Waals surface area contributed by atoms with Crippen molar-refractivity contribution in [3.63, 3.8) is 0 Å². The Bertz CT molecular complexity index is 349. The molecule has 108 valence electrons. The molecule has 0 radical (unpaired) electrons. The van der Waals surface area contributed by atoms with Gasteiger partial charge in [-0.2, -0.15) is 0 Å². The van der Waals surface area contributed by atoms with E-state index in [0.717, 1.165) is 18.8 Å². The van der Waals surface area contributed by atoms with Crippen LogP contribution >= 0.6 is 7.92 Å². The number of pyridine rings is 1. The summed E-state index contributed by atoms with van der Waals surface area (Å²) in [6, 6.07) is 6.08. The highest BCUT2D eigenvalue weighted by Crippen LogP contribution is 2.58. The van der Waals surface area contributed by atoms with Gasteiger partial charge in [0.05, 0.1) is 5.69 Å². The third-order valence-electron chi connectivity index (χ3n) is 3.16. The summed E-state index contributed by atoms with van der Waals surface area (Å²) in [6.07, 6.45) is 3.13. The summed E-state index contributed by atoms with van der Waals surface area (Å²) < 4.78 is 0. The van der Waals surface area contributed by atoms with Crippen molar-refractivity contribution in [2.24, 2.45) is 0 Å². The maximum Gasteiger partial charge on any atom is 0.0541 e. The smallest absolute Gasteiger partial charge is 0.0541 e. The van der Waals surface area contributed by atoms with Crippen LogP contribution in [0.2, 0.25) is 0 Å². The third-order valence-corrected chi connectivity index (χ3v) is 7.07. The lowest BCUT2D eigenvalue weighted by atomic mass is 10.2. The first-order valence-electron chi connectivity index (χ1n) is 7.09. The molecule has 0 aliphatic heterocycles. The van der Waals surface area contributed by atoms with Gasteiger partial charge in [-0.3, -0.25) is 4.98 Å². The molecule has 1 aromatic heterocycles. The van der Waals surface area contributed by atoms with Crippen molar-refractivity contribution in [3.8, 4) is 0 Å². The zero-order valence-electron chi connectivity index (χ0n) is 13.3. The van der Waals surface area contributed by atoms with Crippen LogP contribution in [0.25, 0.3) is 0 Å². The normalized spacial score (nSPS) is 13.0. The van der Waals surface area contributed by atoms with E-state index in [4.69, 9.17) is 0 Å². The van der Waals surface area contributed by atoms with Crippen LogP contribution in [0.4, 0.5) is 0 Å². The molecular weight excluding hydrogens is 251 g/mol. The molecule has 0 aromatic carbocycles. The lowest BCUT2D eigenvalue weighted by Gasteiger charge is -2.41. The topological polar surface area (TPSA) is 24.9 Å². The molecule has 19 heavy (non-hydrogen) atoms. The van der Waals surface area contributed by atoms with Crippen LogP contribution in [0.3, 0.4) is 0 Å². The van der Waals surface area contributed by atoms with Crippen LogP contribution in [0.5, 0.6) is 0 Å². The average molecular weight is 280 g/mol. The Labute approximate surface area is 120 Å². The minimum absolute atomic E-state index is 0.00617. The summed E-state index contributed by atoms with van der Waals surface area (Å²) in [5, 5.41) is 4.36. The zero-order chi connectivity index (χ0) is 14.5. The Kier molecular flexibility index (Phi) is 5.95. The predicted octanol–water partition coefficient (Wildman–Crippen LogP) is 4.25. The van der Waals surface area contributed by atoms with E-state index in [1.54, 1.807) is 0 Å². The number of aromatic nitrogens is 1. The van der Waals surface area contributed by atoms with Crippen LogP contribution in [0, 0.1) is 0 Å². The van der Waals surface area contributed by atoms with Crippen molar-refractivity contribution >= 4 is 7.92 Å². The van der Waals surface area contributed by atoms with Gasteiger partial charge in [-0.1, -0.05) is 55.5 Å². The molecule has 1 N–H and O–H groups in total. The molecule has 2 nitrogen and oxygen atoms in total. The highest BCUT2D eigenvalue weighted by atomic mass is 31.1. The minimum Gasteiger partial charge on any atom is -0.311 e.